The van der Waals surface area contributed by atoms with Gasteiger partial charge >= 0.3 is 0 Å². The smallest absolute Gasteiger partial charge is 0.0468 e. The molecular formula is C48H31NS. The summed E-state index contributed by atoms with van der Waals surface area (Å²) in [5, 5.41) is 10.2. The van der Waals surface area contributed by atoms with E-state index in [1.165, 1.54) is 74.7 Å². The molecule has 0 atom stereocenters. The Bertz CT molecular complexity index is 2870. The van der Waals surface area contributed by atoms with E-state index >= 15 is 0 Å². The van der Waals surface area contributed by atoms with E-state index in [4.69, 9.17) is 0 Å². The maximum Gasteiger partial charge on any atom is 0.0468 e. The highest BCUT2D eigenvalue weighted by Crippen LogP contribution is 2.47. The largest absolute Gasteiger partial charge is 0.310 e. The molecule has 0 radical (unpaired) electrons. The van der Waals surface area contributed by atoms with Crippen molar-refractivity contribution in [3.8, 4) is 22.3 Å². The number of benzene rings is 9. The molecule has 0 saturated carbocycles. The van der Waals surface area contributed by atoms with Gasteiger partial charge in [-0.2, -0.15) is 0 Å². The number of anilines is 3. The summed E-state index contributed by atoms with van der Waals surface area (Å²) in [5.41, 5.74) is 8.34. The Morgan fingerprint density at radius 3 is 1.64 bits per heavy atom. The van der Waals surface area contributed by atoms with Crippen LogP contribution in [0.15, 0.2) is 188 Å². The van der Waals surface area contributed by atoms with Crippen molar-refractivity contribution in [3.63, 3.8) is 0 Å². The zero-order valence-corrected chi connectivity index (χ0v) is 28.1. The fraction of sp³-hybridized carbons (Fsp3) is 0. The van der Waals surface area contributed by atoms with Crippen LogP contribution in [0.2, 0.25) is 0 Å². The molecule has 0 spiro atoms. The molecule has 10 aromatic rings. The van der Waals surface area contributed by atoms with Crippen LogP contribution in [-0.2, 0) is 0 Å². The second-order valence-electron chi connectivity index (χ2n) is 13.0. The SMILES string of the molecule is c1ccc(N(c2ccc(-c3ccc4ccccc4c3)cc2)c2ccc3sc4c5ccccc5cc(-c5ccc6ccccc6c5)c4c3c2)cc1. The molecule has 0 aliphatic heterocycles. The highest BCUT2D eigenvalue weighted by Gasteiger charge is 2.19. The van der Waals surface area contributed by atoms with Crippen molar-refractivity contribution in [2.45, 2.75) is 0 Å². The van der Waals surface area contributed by atoms with E-state index in [0.717, 1.165) is 17.1 Å². The number of nitrogens with zero attached hydrogens (tertiary/aromatic N) is 1. The van der Waals surface area contributed by atoms with E-state index in [1.807, 2.05) is 11.3 Å². The lowest BCUT2D eigenvalue weighted by Gasteiger charge is -2.26. The minimum Gasteiger partial charge on any atom is -0.310 e. The zero-order chi connectivity index (χ0) is 33.0. The van der Waals surface area contributed by atoms with E-state index in [-0.39, 0.29) is 0 Å². The average Bonchev–Trinajstić information content (AvgIpc) is 3.57. The summed E-state index contributed by atoms with van der Waals surface area (Å²) < 4.78 is 2.63. The van der Waals surface area contributed by atoms with Crippen molar-refractivity contribution in [1.29, 1.82) is 0 Å². The van der Waals surface area contributed by atoms with Crippen LogP contribution in [0.4, 0.5) is 17.1 Å². The van der Waals surface area contributed by atoms with Crippen molar-refractivity contribution in [3.05, 3.63) is 188 Å². The first kappa shape index (κ1) is 28.8. The highest BCUT2D eigenvalue weighted by molar-refractivity contribution is 7.26. The normalized spacial score (nSPS) is 11.6. The quantitative estimate of drug-likeness (QED) is 0.179. The van der Waals surface area contributed by atoms with Gasteiger partial charge < -0.3 is 4.90 Å². The summed E-state index contributed by atoms with van der Waals surface area (Å²) in [6, 6.07) is 68.7. The molecule has 50 heavy (non-hydrogen) atoms. The third-order valence-electron chi connectivity index (χ3n) is 9.99. The van der Waals surface area contributed by atoms with E-state index in [0.29, 0.717) is 0 Å². The van der Waals surface area contributed by atoms with Crippen LogP contribution in [0.3, 0.4) is 0 Å². The van der Waals surface area contributed by atoms with Gasteiger partial charge in [0.15, 0.2) is 0 Å². The number of fused-ring (bicyclic) bond motifs is 7. The summed E-state index contributed by atoms with van der Waals surface area (Å²) in [7, 11) is 0. The molecule has 0 fully saturated rings. The molecule has 0 aliphatic rings. The first-order valence-corrected chi connectivity index (χ1v) is 17.9. The van der Waals surface area contributed by atoms with Gasteiger partial charge in [0, 0.05) is 37.2 Å². The van der Waals surface area contributed by atoms with Crippen LogP contribution in [0.25, 0.3) is 74.7 Å². The molecule has 0 amide bonds. The number of hydrogen-bond donors (Lipinski definition) is 0. The number of thiophene rings is 1. The molecule has 1 heterocycles. The van der Waals surface area contributed by atoms with Gasteiger partial charge in [0.1, 0.15) is 0 Å². The van der Waals surface area contributed by atoms with Crippen molar-refractivity contribution in [1.82, 2.24) is 0 Å². The summed E-state index contributed by atoms with van der Waals surface area (Å²) in [6.45, 7) is 0. The van der Waals surface area contributed by atoms with Crippen LogP contribution < -0.4 is 4.90 Å². The van der Waals surface area contributed by atoms with E-state index in [1.54, 1.807) is 0 Å². The first-order chi connectivity index (χ1) is 24.8. The summed E-state index contributed by atoms with van der Waals surface area (Å²) >= 11 is 1.90. The summed E-state index contributed by atoms with van der Waals surface area (Å²) in [4.78, 5) is 2.38. The molecule has 9 aromatic carbocycles. The van der Waals surface area contributed by atoms with Crippen LogP contribution in [0.5, 0.6) is 0 Å². The highest BCUT2D eigenvalue weighted by atomic mass is 32.1. The van der Waals surface area contributed by atoms with Crippen LogP contribution in [-0.4, -0.2) is 0 Å². The Kier molecular flexibility index (Phi) is 6.75. The van der Waals surface area contributed by atoms with Crippen molar-refractivity contribution in [2.75, 3.05) is 4.90 Å². The molecule has 0 unspecified atom stereocenters. The fourth-order valence-corrected chi connectivity index (χ4v) is 8.76. The second kappa shape index (κ2) is 11.7. The van der Waals surface area contributed by atoms with Crippen molar-refractivity contribution >= 4 is 80.9 Å². The molecule has 2 heteroatoms. The van der Waals surface area contributed by atoms with Gasteiger partial charge in [0.25, 0.3) is 0 Å². The van der Waals surface area contributed by atoms with Crippen LogP contribution in [0.1, 0.15) is 0 Å². The lowest BCUT2D eigenvalue weighted by molar-refractivity contribution is 1.29. The maximum atomic E-state index is 2.40. The van der Waals surface area contributed by atoms with Crippen molar-refractivity contribution < 1.29 is 0 Å². The van der Waals surface area contributed by atoms with Gasteiger partial charge in [-0.3, -0.25) is 0 Å². The van der Waals surface area contributed by atoms with Gasteiger partial charge in [-0.1, -0.05) is 127 Å². The third kappa shape index (κ3) is 4.84. The number of para-hydroxylation sites is 1. The Hall–Kier alpha value is -6.22. The second-order valence-corrected chi connectivity index (χ2v) is 14.0. The van der Waals surface area contributed by atoms with E-state index in [2.05, 4.69) is 193 Å². The average molecular weight is 654 g/mol. The van der Waals surface area contributed by atoms with Gasteiger partial charge in [-0.25, -0.2) is 0 Å². The summed E-state index contributed by atoms with van der Waals surface area (Å²) in [5.74, 6) is 0. The van der Waals surface area contributed by atoms with Crippen molar-refractivity contribution in [2.24, 2.45) is 0 Å². The minimum absolute atomic E-state index is 1.12. The number of rotatable bonds is 5. The van der Waals surface area contributed by atoms with E-state index in [9.17, 15) is 0 Å². The molecule has 1 nitrogen and oxygen atoms in total. The van der Waals surface area contributed by atoms with Gasteiger partial charge in [0.05, 0.1) is 0 Å². The molecular weight excluding hydrogens is 623 g/mol. The predicted octanol–water partition coefficient (Wildman–Crippen LogP) is 14.3. The lowest BCUT2D eigenvalue weighted by atomic mass is 9.94. The Labute approximate surface area is 294 Å². The lowest BCUT2D eigenvalue weighted by Crippen LogP contribution is -2.09. The molecule has 0 N–H and O–H groups in total. The molecule has 234 valence electrons. The Morgan fingerprint density at radius 2 is 0.900 bits per heavy atom. The predicted molar refractivity (Wildman–Crippen MR) is 217 cm³/mol. The van der Waals surface area contributed by atoms with E-state index < -0.39 is 0 Å². The van der Waals surface area contributed by atoms with Gasteiger partial charge in [0.2, 0.25) is 0 Å². The van der Waals surface area contributed by atoms with Crippen LogP contribution >= 0.6 is 11.3 Å². The molecule has 10 rings (SSSR count). The van der Waals surface area contributed by atoms with Gasteiger partial charge in [-0.05, 0) is 115 Å². The molecule has 0 saturated heterocycles. The first-order valence-electron chi connectivity index (χ1n) is 17.1. The van der Waals surface area contributed by atoms with Gasteiger partial charge in [-0.15, -0.1) is 11.3 Å². The minimum atomic E-state index is 1.12. The maximum absolute atomic E-state index is 2.40. The zero-order valence-electron chi connectivity index (χ0n) is 27.3. The van der Waals surface area contributed by atoms with Crippen LogP contribution in [0, 0.1) is 0 Å². The standard InChI is InChI=1S/C48H31NS/c1-2-15-40(16-3-1)49(41-24-22-34(23-25-41)37-20-18-32-10-4-6-12-35(32)28-37)42-26-27-46-45(31-42)47-44(30-38-14-8-9-17-43(38)48(47)50-46)39-21-19-33-11-5-7-13-36(33)29-39/h1-31H. The topological polar surface area (TPSA) is 3.24 Å². The monoisotopic (exact) mass is 653 g/mol. The Balaban J connectivity index is 1.16. The summed E-state index contributed by atoms with van der Waals surface area (Å²) in [6.07, 6.45) is 0. The Morgan fingerprint density at radius 1 is 0.340 bits per heavy atom. The molecule has 0 aliphatic carbocycles. The number of hydrogen-bond acceptors (Lipinski definition) is 2. The molecule has 1 aromatic heterocycles. The fourth-order valence-electron chi connectivity index (χ4n) is 7.52. The third-order valence-corrected chi connectivity index (χ3v) is 11.2. The molecule has 0 bridgehead atoms.